The third-order valence-corrected chi connectivity index (χ3v) is 4.92. The van der Waals surface area contributed by atoms with Gasteiger partial charge in [-0.2, -0.15) is 14.7 Å². The summed E-state index contributed by atoms with van der Waals surface area (Å²) in [7, 11) is 0. The van der Waals surface area contributed by atoms with E-state index in [1.165, 1.54) is 17.7 Å². The maximum absolute atomic E-state index is 13.1. The van der Waals surface area contributed by atoms with Gasteiger partial charge in [0.2, 0.25) is 0 Å². The summed E-state index contributed by atoms with van der Waals surface area (Å²) in [6, 6.07) is 18.5. The summed E-state index contributed by atoms with van der Waals surface area (Å²) in [4.78, 5) is 4.51. The van der Waals surface area contributed by atoms with Gasteiger partial charge in [-0.15, -0.1) is 0 Å². The highest BCUT2D eigenvalue weighted by molar-refractivity contribution is 5.77. The number of nitrogens with zero attached hydrogens (tertiary/aromatic N) is 5. The fourth-order valence-corrected chi connectivity index (χ4v) is 3.38. The number of aromatic nitrogens is 5. The Morgan fingerprint density at radius 1 is 0.867 bits per heavy atom. The molecule has 0 bridgehead atoms. The normalized spacial score (nSPS) is 11.1. The zero-order chi connectivity index (χ0) is 20.3. The summed E-state index contributed by atoms with van der Waals surface area (Å²) in [6.45, 7) is 1.27. The van der Waals surface area contributed by atoms with E-state index in [9.17, 15) is 4.39 Å². The van der Waals surface area contributed by atoms with Crippen LogP contribution in [0.25, 0.3) is 16.8 Å². The molecule has 2 aromatic carbocycles. The van der Waals surface area contributed by atoms with Crippen molar-refractivity contribution in [3.63, 3.8) is 0 Å². The predicted molar refractivity (Wildman–Crippen MR) is 113 cm³/mol. The Morgan fingerprint density at radius 3 is 2.53 bits per heavy atom. The number of benzene rings is 2. The Hall–Kier alpha value is -4.00. The van der Waals surface area contributed by atoms with E-state index >= 15 is 0 Å². The maximum Gasteiger partial charge on any atom is 0.165 e. The largest absolute Gasteiger partial charge is 0.366 e. The SMILES string of the molecule is Fc1ccc(CNc2ccnc3c(-c4cnn(Cc5ccccc5)c4)cnn23)cc1. The van der Waals surface area contributed by atoms with E-state index in [0.717, 1.165) is 28.2 Å². The molecule has 0 radical (unpaired) electrons. The third kappa shape index (κ3) is 3.65. The zero-order valence-corrected chi connectivity index (χ0v) is 16.1. The lowest BCUT2D eigenvalue weighted by atomic mass is 10.2. The van der Waals surface area contributed by atoms with Gasteiger partial charge in [0.25, 0.3) is 0 Å². The average Bonchev–Trinajstić information content (AvgIpc) is 3.41. The number of halogens is 1. The van der Waals surface area contributed by atoms with E-state index in [1.54, 1.807) is 29.0 Å². The molecule has 0 fully saturated rings. The number of nitrogens with one attached hydrogen (secondary N) is 1. The quantitative estimate of drug-likeness (QED) is 0.461. The van der Waals surface area contributed by atoms with Crippen molar-refractivity contribution in [2.75, 3.05) is 5.32 Å². The Balaban J connectivity index is 1.39. The lowest BCUT2D eigenvalue weighted by Gasteiger charge is -2.08. The highest BCUT2D eigenvalue weighted by Gasteiger charge is 2.12. The number of rotatable bonds is 6. The minimum absolute atomic E-state index is 0.241. The van der Waals surface area contributed by atoms with Crippen LogP contribution in [0.4, 0.5) is 10.2 Å². The molecule has 0 saturated heterocycles. The van der Waals surface area contributed by atoms with Gasteiger partial charge in [-0.25, -0.2) is 9.37 Å². The third-order valence-electron chi connectivity index (χ3n) is 4.92. The molecule has 0 aliphatic rings. The summed E-state index contributed by atoms with van der Waals surface area (Å²) < 4.78 is 16.8. The van der Waals surface area contributed by atoms with E-state index in [1.807, 2.05) is 41.3 Å². The van der Waals surface area contributed by atoms with E-state index in [-0.39, 0.29) is 5.82 Å². The molecule has 3 aromatic heterocycles. The molecule has 0 saturated carbocycles. The fraction of sp³-hybridized carbons (Fsp3) is 0.0870. The highest BCUT2D eigenvalue weighted by Crippen LogP contribution is 2.25. The van der Waals surface area contributed by atoms with Crippen LogP contribution in [0, 0.1) is 5.82 Å². The minimum atomic E-state index is -0.241. The smallest absolute Gasteiger partial charge is 0.165 e. The first-order valence-corrected chi connectivity index (χ1v) is 9.64. The van der Waals surface area contributed by atoms with Gasteiger partial charge >= 0.3 is 0 Å². The highest BCUT2D eigenvalue weighted by atomic mass is 19.1. The lowest BCUT2D eigenvalue weighted by molar-refractivity contribution is 0.627. The van der Waals surface area contributed by atoms with Gasteiger partial charge in [0.15, 0.2) is 5.65 Å². The van der Waals surface area contributed by atoms with Crippen LogP contribution in [0.5, 0.6) is 0 Å². The molecular formula is C23H19FN6. The van der Waals surface area contributed by atoms with Crippen molar-refractivity contribution in [3.05, 3.63) is 102 Å². The molecule has 30 heavy (non-hydrogen) atoms. The molecular weight excluding hydrogens is 379 g/mol. The Labute approximate surface area is 172 Å². The first-order valence-electron chi connectivity index (χ1n) is 9.64. The van der Waals surface area contributed by atoms with Crippen LogP contribution in [-0.4, -0.2) is 24.4 Å². The van der Waals surface area contributed by atoms with Crippen molar-refractivity contribution in [2.24, 2.45) is 0 Å². The summed E-state index contributed by atoms with van der Waals surface area (Å²) in [5.41, 5.74) is 4.80. The molecule has 7 heteroatoms. The molecule has 0 aliphatic carbocycles. The van der Waals surface area contributed by atoms with Crippen molar-refractivity contribution in [1.29, 1.82) is 0 Å². The fourth-order valence-electron chi connectivity index (χ4n) is 3.38. The molecule has 5 aromatic rings. The van der Waals surface area contributed by atoms with Gasteiger partial charge in [-0.3, -0.25) is 4.68 Å². The van der Waals surface area contributed by atoms with Crippen LogP contribution in [0.15, 0.2) is 85.5 Å². The van der Waals surface area contributed by atoms with Gasteiger partial charge in [0, 0.05) is 30.1 Å². The number of hydrogen-bond donors (Lipinski definition) is 1. The number of fused-ring (bicyclic) bond motifs is 1. The molecule has 0 amide bonds. The second-order valence-electron chi connectivity index (χ2n) is 7.02. The van der Waals surface area contributed by atoms with Crippen molar-refractivity contribution in [1.82, 2.24) is 24.4 Å². The van der Waals surface area contributed by atoms with Gasteiger partial charge in [-0.1, -0.05) is 42.5 Å². The Kier molecular flexibility index (Phi) is 4.69. The number of hydrogen-bond acceptors (Lipinski definition) is 4. The topological polar surface area (TPSA) is 60.0 Å². The van der Waals surface area contributed by atoms with Crippen LogP contribution in [0.1, 0.15) is 11.1 Å². The predicted octanol–water partition coefficient (Wildman–Crippen LogP) is 4.39. The molecule has 0 unspecified atom stereocenters. The molecule has 0 spiro atoms. The first kappa shape index (κ1) is 18.1. The second-order valence-corrected chi connectivity index (χ2v) is 7.02. The second kappa shape index (κ2) is 7.79. The summed E-state index contributed by atoms with van der Waals surface area (Å²) >= 11 is 0. The Bertz CT molecular complexity index is 1270. The number of anilines is 1. The summed E-state index contributed by atoms with van der Waals surface area (Å²) in [5, 5.41) is 12.3. The average molecular weight is 398 g/mol. The Morgan fingerprint density at radius 2 is 1.70 bits per heavy atom. The molecule has 1 N–H and O–H groups in total. The van der Waals surface area contributed by atoms with Crippen molar-refractivity contribution >= 4 is 11.5 Å². The van der Waals surface area contributed by atoms with Crippen LogP contribution >= 0.6 is 0 Å². The van der Waals surface area contributed by atoms with Crippen molar-refractivity contribution in [2.45, 2.75) is 13.1 Å². The summed E-state index contributed by atoms with van der Waals surface area (Å²) in [5.74, 6) is 0.571. The van der Waals surface area contributed by atoms with Crippen LogP contribution in [0.2, 0.25) is 0 Å². The molecule has 6 nitrogen and oxygen atoms in total. The van der Waals surface area contributed by atoms with Gasteiger partial charge in [0.05, 0.1) is 18.9 Å². The first-order chi connectivity index (χ1) is 14.8. The summed E-state index contributed by atoms with van der Waals surface area (Å²) in [6.07, 6.45) is 7.39. The molecule has 3 heterocycles. The van der Waals surface area contributed by atoms with Gasteiger partial charge in [-0.05, 0) is 29.3 Å². The zero-order valence-electron chi connectivity index (χ0n) is 16.1. The van der Waals surface area contributed by atoms with E-state index in [2.05, 4.69) is 32.6 Å². The van der Waals surface area contributed by atoms with Gasteiger partial charge in [0.1, 0.15) is 11.6 Å². The molecule has 0 atom stereocenters. The van der Waals surface area contributed by atoms with Gasteiger partial charge < -0.3 is 5.32 Å². The van der Waals surface area contributed by atoms with Crippen molar-refractivity contribution < 1.29 is 4.39 Å². The van der Waals surface area contributed by atoms with Crippen LogP contribution < -0.4 is 5.32 Å². The maximum atomic E-state index is 13.1. The standard InChI is InChI=1S/C23H19FN6/c24-20-8-6-17(7-9-20)12-26-22-10-11-25-23-21(14-28-30(22)23)19-13-27-29(16-19)15-18-4-2-1-3-5-18/h1-11,13-14,16,26H,12,15H2. The molecule has 5 rings (SSSR count). The van der Waals surface area contributed by atoms with E-state index in [0.29, 0.717) is 13.1 Å². The van der Waals surface area contributed by atoms with E-state index in [4.69, 9.17) is 0 Å². The van der Waals surface area contributed by atoms with E-state index < -0.39 is 0 Å². The lowest BCUT2D eigenvalue weighted by Crippen LogP contribution is -2.05. The molecule has 148 valence electrons. The van der Waals surface area contributed by atoms with Crippen molar-refractivity contribution in [3.8, 4) is 11.1 Å². The molecule has 0 aliphatic heterocycles. The monoisotopic (exact) mass is 398 g/mol. The minimum Gasteiger partial charge on any atom is -0.366 e. The van der Waals surface area contributed by atoms with Crippen LogP contribution in [0.3, 0.4) is 0 Å². The van der Waals surface area contributed by atoms with Crippen LogP contribution in [-0.2, 0) is 13.1 Å².